The van der Waals surface area contributed by atoms with Crippen molar-refractivity contribution in [3.05, 3.63) is 76.0 Å². The van der Waals surface area contributed by atoms with Gasteiger partial charge in [-0.1, -0.05) is 46.3 Å². The molecule has 0 bridgehead atoms. The van der Waals surface area contributed by atoms with Gasteiger partial charge in [0, 0.05) is 29.7 Å². The number of carbonyl (C=O) groups excluding carboxylic acids is 2. The van der Waals surface area contributed by atoms with Gasteiger partial charge in [-0.05, 0) is 42.7 Å². The van der Waals surface area contributed by atoms with Gasteiger partial charge >= 0.3 is 0 Å². The van der Waals surface area contributed by atoms with Crippen molar-refractivity contribution in [2.24, 2.45) is 0 Å². The lowest BCUT2D eigenvalue weighted by Crippen LogP contribution is -2.46. The third-order valence-electron chi connectivity index (χ3n) is 4.57. The van der Waals surface area contributed by atoms with Crippen molar-refractivity contribution >= 4 is 33.8 Å². The van der Waals surface area contributed by atoms with Crippen molar-refractivity contribution in [1.82, 2.24) is 10.2 Å². The lowest BCUT2D eigenvalue weighted by molar-refractivity contribution is -0.126. The van der Waals surface area contributed by atoms with E-state index in [-0.39, 0.29) is 17.5 Å². The standard InChI is InChI=1S/C21H20BrFN2O2/c22-18-7-3-1-5-15(18)9-10-20(26)25-13-11-16(12-14-25)24-21(27)17-6-2-4-8-19(17)23/h1-10,16H,11-14H2,(H,24,27). The van der Waals surface area contributed by atoms with E-state index in [4.69, 9.17) is 0 Å². The molecule has 2 aromatic carbocycles. The predicted octanol–water partition coefficient (Wildman–Crippen LogP) is 4.02. The molecule has 0 radical (unpaired) electrons. The molecule has 4 nitrogen and oxygen atoms in total. The van der Waals surface area contributed by atoms with Crippen LogP contribution in [0.3, 0.4) is 0 Å². The number of piperidine rings is 1. The Morgan fingerprint density at radius 3 is 2.44 bits per heavy atom. The van der Waals surface area contributed by atoms with Crippen LogP contribution in [-0.2, 0) is 4.79 Å². The second kappa shape index (κ2) is 8.95. The highest BCUT2D eigenvalue weighted by Crippen LogP contribution is 2.18. The van der Waals surface area contributed by atoms with E-state index in [1.54, 1.807) is 29.2 Å². The molecule has 3 rings (SSSR count). The van der Waals surface area contributed by atoms with Crippen LogP contribution in [0.1, 0.15) is 28.8 Å². The predicted molar refractivity (Wildman–Crippen MR) is 107 cm³/mol. The number of nitrogens with zero attached hydrogens (tertiary/aromatic N) is 1. The normalized spacial score (nSPS) is 15.1. The second-order valence-corrected chi connectivity index (χ2v) is 7.26. The van der Waals surface area contributed by atoms with E-state index < -0.39 is 11.7 Å². The van der Waals surface area contributed by atoms with Gasteiger partial charge in [0.15, 0.2) is 0 Å². The van der Waals surface area contributed by atoms with Crippen LogP contribution in [0.5, 0.6) is 0 Å². The van der Waals surface area contributed by atoms with Crippen LogP contribution >= 0.6 is 15.9 Å². The maximum atomic E-state index is 13.7. The van der Waals surface area contributed by atoms with E-state index in [0.29, 0.717) is 25.9 Å². The molecule has 1 saturated heterocycles. The molecule has 0 aromatic heterocycles. The third-order valence-corrected chi connectivity index (χ3v) is 5.29. The zero-order valence-electron chi connectivity index (χ0n) is 14.7. The first kappa shape index (κ1) is 19.3. The Kier molecular flexibility index (Phi) is 6.40. The van der Waals surface area contributed by atoms with Crippen molar-refractivity contribution < 1.29 is 14.0 Å². The van der Waals surface area contributed by atoms with Gasteiger partial charge in [0.05, 0.1) is 5.56 Å². The fourth-order valence-electron chi connectivity index (χ4n) is 3.03. The van der Waals surface area contributed by atoms with Gasteiger partial charge in [-0.2, -0.15) is 0 Å². The van der Waals surface area contributed by atoms with Gasteiger partial charge in [-0.15, -0.1) is 0 Å². The van der Waals surface area contributed by atoms with Crippen molar-refractivity contribution in [3.8, 4) is 0 Å². The van der Waals surface area contributed by atoms with Crippen LogP contribution in [0.15, 0.2) is 59.1 Å². The van der Waals surface area contributed by atoms with E-state index in [2.05, 4.69) is 21.2 Å². The molecule has 2 amide bonds. The summed E-state index contributed by atoms with van der Waals surface area (Å²) in [6.07, 6.45) is 4.65. The summed E-state index contributed by atoms with van der Waals surface area (Å²) in [5, 5.41) is 2.86. The lowest BCUT2D eigenvalue weighted by atomic mass is 10.0. The minimum absolute atomic E-state index is 0.0485. The van der Waals surface area contributed by atoms with Gasteiger partial charge in [-0.3, -0.25) is 9.59 Å². The third kappa shape index (κ3) is 5.04. The van der Waals surface area contributed by atoms with Gasteiger partial charge in [0.1, 0.15) is 5.82 Å². The largest absolute Gasteiger partial charge is 0.349 e. The molecule has 140 valence electrons. The fraction of sp³-hybridized carbons (Fsp3) is 0.238. The van der Waals surface area contributed by atoms with E-state index in [1.807, 2.05) is 24.3 Å². The Labute approximate surface area is 166 Å². The molecule has 0 unspecified atom stereocenters. The number of nitrogens with one attached hydrogen (secondary N) is 1. The summed E-state index contributed by atoms with van der Waals surface area (Å²) in [6, 6.07) is 13.6. The molecule has 0 saturated carbocycles. The Hall–Kier alpha value is -2.47. The molecule has 27 heavy (non-hydrogen) atoms. The van der Waals surface area contributed by atoms with E-state index in [0.717, 1.165) is 10.0 Å². The van der Waals surface area contributed by atoms with Gasteiger partial charge in [0.2, 0.25) is 5.91 Å². The highest BCUT2D eigenvalue weighted by Gasteiger charge is 2.23. The Balaban J connectivity index is 1.51. The maximum absolute atomic E-state index is 13.7. The molecule has 1 N–H and O–H groups in total. The number of carbonyl (C=O) groups is 2. The maximum Gasteiger partial charge on any atom is 0.254 e. The second-order valence-electron chi connectivity index (χ2n) is 6.41. The number of halogens is 2. The molecule has 0 spiro atoms. The average Bonchev–Trinajstić information content (AvgIpc) is 2.68. The van der Waals surface area contributed by atoms with Crippen LogP contribution in [-0.4, -0.2) is 35.8 Å². The molecule has 2 aromatic rings. The van der Waals surface area contributed by atoms with Crippen LogP contribution in [0.25, 0.3) is 6.08 Å². The zero-order chi connectivity index (χ0) is 19.2. The van der Waals surface area contributed by atoms with Crippen molar-refractivity contribution in [2.45, 2.75) is 18.9 Å². The number of hydrogen-bond donors (Lipinski definition) is 1. The number of hydrogen-bond acceptors (Lipinski definition) is 2. The molecule has 1 fully saturated rings. The van der Waals surface area contributed by atoms with Crippen LogP contribution in [0.4, 0.5) is 4.39 Å². The molecule has 6 heteroatoms. The summed E-state index contributed by atoms with van der Waals surface area (Å²) in [5.41, 5.74) is 0.991. The Morgan fingerprint density at radius 2 is 1.74 bits per heavy atom. The van der Waals surface area contributed by atoms with Crippen LogP contribution in [0, 0.1) is 5.82 Å². The topological polar surface area (TPSA) is 49.4 Å². The summed E-state index contributed by atoms with van der Waals surface area (Å²) in [6.45, 7) is 1.11. The number of amides is 2. The van der Waals surface area contributed by atoms with Gasteiger partial charge in [-0.25, -0.2) is 4.39 Å². The monoisotopic (exact) mass is 430 g/mol. The lowest BCUT2D eigenvalue weighted by Gasteiger charge is -2.31. The average molecular weight is 431 g/mol. The summed E-state index contributed by atoms with van der Waals surface area (Å²) < 4.78 is 14.6. The minimum atomic E-state index is -0.528. The molecule has 0 aliphatic carbocycles. The first-order valence-corrected chi connectivity index (χ1v) is 9.61. The molecule has 1 aliphatic heterocycles. The zero-order valence-corrected chi connectivity index (χ0v) is 16.3. The van der Waals surface area contributed by atoms with Crippen LogP contribution in [0.2, 0.25) is 0 Å². The molecular weight excluding hydrogens is 411 g/mol. The SMILES string of the molecule is O=C(NC1CCN(C(=O)C=Cc2ccccc2Br)CC1)c1ccccc1F. The summed E-state index contributed by atoms with van der Waals surface area (Å²) in [4.78, 5) is 26.3. The van der Waals surface area contributed by atoms with Crippen molar-refractivity contribution in [3.63, 3.8) is 0 Å². The first-order valence-electron chi connectivity index (χ1n) is 8.81. The van der Waals surface area contributed by atoms with Crippen molar-refractivity contribution in [1.29, 1.82) is 0 Å². The summed E-state index contributed by atoms with van der Waals surface area (Å²) in [7, 11) is 0. The Bertz CT molecular complexity index is 861. The smallest absolute Gasteiger partial charge is 0.254 e. The number of likely N-dealkylation sites (tertiary alicyclic amines) is 1. The van der Waals surface area contributed by atoms with Gasteiger partial charge < -0.3 is 10.2 Å². The molecule has 1 aliphatic rings. The number of benzene rings is 2. The van der Waals surface area contributed by atoms with Crippen LogP contribution < -0.4 is 5.32 Å². The fourth-order valence-corrected chi connectivity index (χ4v) is 3.45. The minimum Gasteiger partial charge on any atom is -0.349 e. The molecular formula is C21H20BrFN2O2. The first-order chi connectivity index (χ1) is 13.0. The van der Waals surface area contributed by atoms with E-state index in [9.17, 15) is 14.0 Å². The molecule has 0 atom stereocenters. The van der Waals surface area contributed by atoms with Gasteiger partial charge in [0.25, 0.3) is 5.91 Å². The summed E-state index contributed by atoms with van der Waals surface area (Å²) in [5.74, 6) is -0.990. The highest BCUT2D eigenvalue weighted by atomic mass is 79.9. The Morgan fingerprint density at radius 1 is 1.07 bits per heavy atom. The van der Waals surface area contributed by atoms with E-state index >= 15 is 0 Å². The summed E-state index contributed by atoms with van der Waals surface area (Å²) >= 11 is 3.45. The quantitative estimate of drug-likeness (QED) is 0.744. The molecule has 1 heterocycles. The highest BCUT2D eigenvalue weighted by molar-refractivity contribution is 9.10. The van der Waals surface area contributed by atoms with E-state index in [1.165, 1.54) is 12.1 Å². The van der Waals surface area contributed by atoms with Crippen molar-refractivity contribution in [2.75, 3.05) is 13.1 Å². The number of rotatable bonds is 4.